The van der Waals surface area contributed by atoms with Gasteiger partial charge in [-0.2, -0.15) is 0 Å². The molecule has 138 valence electrons. The van der Waals surface area contributed by atoms with Crippen molar-refractivity contribution in [3.63, 3.8) is 0 Å². The first-order valence-corrected chi connectivity index (χ1v) is 9.45. The van der Waals surface area contributed by atoms with Crippen LogP contribution in [0.5, 0.6) is 11.5 Å². The Morgan fingerprint density at radius 2 is 1.92 bits per heavy atom. The molecule has 5 heteroatoms. The fourth-order valence-electron chi connectivity index (χ4n) is 3.46. The van der Waals surface area contributed by atoms with Crippen LogP contribution in [-0.4, -0.2) is 36.8 Å². The topological polar surface area (TPSA) is 33.7 Å². The molecule has 0 radical (unpaired) electrons. The minimum atomic E-state index is 0.426. The van der Waals surface area contributed by atoms with Gasteiger partial charge in [0, 0.05) is 18.7 Å². The SMILES string of the molecule is COc1ccc(NC(=S)N2CCCCC2Cc2ccccc2)c(OC)c1. The predicted molar refractivity (Wildman–Crippen MR) is 110 cm³/mol. The van der Waals surface area contributed by atoms with Crippen LogP contribution in [0, 0.1) is 0 Å². The Bertz CT molecular complexity index is 736. The maximum atomic E-state index is 5.75. The van der Waals surface area contributed by atoms with E-state index in [9.17, 15) is 0 Å². The van der Waals surface area contributed by atoms with Gasteiger partial charge in [-0.3, -0.25) is 0 Å². The van der Waals surface area contributed by atoms with E-state index < -0.39 is 0 Å². The second kappa shape index (κ2) is 8.90. The van der Waals surface area contributed by atoms with Crippen LogP contribution in [0.25, 0.3) is 0 Å². The van der Waals surface area contributed by atoms with Crippen LogP contribution in [0.2, 0.25) is 0 Å². The molecule has 0 aliphatic carbocycles. The van der Waals surface area contributed by atoms with Crippen molar-refractivity contribution in [2.75, 3.05) is 26.1 Å². The summed E-state index contributed by atoms with van der Waals surface area (Å²) < 4.78 is 10.7. The van der Waals surface area contributed by atoms with Gasteiger partial charge in [-0.05, 0) is 55.6 Å². The summed E-state index contributed by atoms with van der Waals surface area (Å²) in [5, 5.41) is 4.13. The monoisotopic (exact) mass is 370 g/mol. The van der Waals surface area contributed by atoms with Gasteiger partial charge < -0.3 is 19.7 Å². The summed E-state index contributed by atoms with van der Waals surface area (Å²) in [4.78, 5) is 2.33. The summed E-state index contributed by atoms with van der Waals surface area (Å²) in [7, 11) is 3.30. The average molecular weight is 371 g/mol. The van der Waals surface area contributed by atoms with Crippen LogP contribution >= 0.6 is 12.2 Å². The molecule has 1 N–H and O–H groups in total. The number of nitrogens with zero attached hydrogens (tertiary/aromatic N) is 1. The number of ether oxygens (including phenoxy) is 2. The Balaban J connectivity index is 1.72. The molecule has 1 atom stereocenters. The van der Waals surface area contributed by atoms with E-state index in [0.29, 0.717) is 6.04 Å². The second-order valence-electron chi connectivity index (χ2n) is 6.53. The van der Waals surface area contributed by atoms with Gasteiger partial charge in [-0.25, -0.2) is 0 Å². The van der Waals surface area contributed by atoms with Gasteiger partial charge in [0.25, 0.3) is 0 Å². The molecular formula is C21H26N2O2S. The quantitative estimate of drug-likeness (QED) is 0.784. The van der Waals surface area contributed by atoms with Crippen molar-refractivity contribution < 1.29 is 9.47 Å². The normalized spacial score (nSPS) is 16.8. The van der Waals surface area contributed by atoms with Crippen molar-refractivity contribution in [1.82, 2.24) is 4.90 Å². The minimum absolute atomic E-state index is 0.426. The van der Waals surface area contributed by atoms with E-state index in [-0.39, 0.29) is 0 Å². The molecule has 1 aliphatic rings. The van der Waals surface area contributed by atoms with Crippen molar-refractivity contribution >= 4 is 23.0 Å². The molecule has 26 heavy (non-hydrogen) atoms. The summed E-state index contributed by atoms with van der Waals surface area (Å²) in [6.07, 6.45) is 4.61. The number of likely N-dealkylation sites (tertiary alicyclic amines) is 1. The zero-order chi connectivity index (χ0) is 18.4. The number of methoxy groups -OCH3 is 2. The van der Waals surface area contributed by atoms with Crippen molar-refractivity contribution in [1.29, 1.82) is 0 Å². The van der Waals surface area contributed by atoms with Crippen LogP contribution in [0.3, 0.4) is 0 Å². The number of thiocarbonyl (C=S) groups is 1. The molecule has 2 aromatic rings. The van der Waals surface area contributed by atoms with Crippen LogP contribution in [-0.2, 0) is 6.42 Å². The third-order valence-electron chi connectivity index (χ3n) is 4.85. The maximum Gasteiger partial charge on any atom is 0.173 e. The summed E-state index contributed by atoms with van der Waals surface area (Å²) >= 11 is 5.75. The largest absolute Gasteiger partial charge is 0.497 e. The number of anilines is 1. The molecule has 1 saturated heterocycles. The highest BCUT2D eigenvalue weighted by atomic mass is 32.1. The highest BCUT2D eigenvalue weighted by Crippen LogP contribution is 2.30. The molecule has 4 nitrogen and oxygen atoms in total. The first-order chi connectivity index (χ1) is 12.7. The lowest BCUT2D eigenvalue weighted by Gasteiger charge is -2.38. The number of nitrogens with one attached hydrogen (secondary N) is 1. The van der Waals surface area contributed by atoms with Crippen molar-refractivity contribution in [2.45, 2.75) is 31.7 Å². The molecule has 1 unspecified atom stereocenters. The molecule has 2 aromatic carbocycles. The lowest BCUT2D eigenvalue weighted by atomic mass is 9.96. The lowest BCUT2D eigenvalue weighted by molar-refractivity contribution is 0.243. The van der Waals surface area contributed by atoms with Gasteiger partial charge in [0.2, 0.25) is 0 Å². The minimum Gasteiger partial charge on any atom is -0.497 e. The van der Waals surface area contributed by atoms with Crippen LogP contribution < -0.4 is 14.8 Å². The van der Waals surface area contributed by atoms with E-state index in [4.69, 9.17) is 21.7 Å². The molecule has 0 amide bonds. The van der Waals surface area contributed by atoms with Gasteiger partial charge in [-0.1, -0.05) is 30.3 Å². The van der Waals surface area contributed by atoms with Crippen LogP contribution in [0.4, 0.5) is 5.69 Å². The summed E-state index contributed by atoms with van der Waals surface area (Å²) in [5.74, 6) is 1.49. The summed E-state index contributed by atoms with van der Waals surface area (Å²) in [6, 6.07) is 16.8. The molecule has 0 saturated carbocycles. The number of piperidine rings is 1. The number of benzene rings is 2. The Kier molecular flexibility index (Phi) is 6.34. The zero-order valence-corrected chi connectivity index (χ0v) is 16.2. The third kappa shape index (κ3) is 4.47. The first-order valence-electron chi connectivity index (χ1n) is 9.05. The fourth-order valence-corrected chi connectivity index (χ4v) is 3.81. The van der Waals surface area contributed by atoms with Gasteiger partial charge >= 0.3 is 0 Å². The molecule has 0 spiro atoms. The van der Waals surface area contributed by atoms with Crippen molar-refractivity contribution in [3.05, 3.63) is 54.1 Å². The molecular weight excluding hydrogens is 344 g/mol. The molecule has 0 aromatic heterocycles. The van der Waals surface area contributed by atoms with E-state index in [2.05, 4.69) is 40.5 Å². The summed E-state index contributed by atoms with van der Waals surface area (Å²) in [6.45, 7) is 0.988. The molecule has 1 fully saturated rings. The van der Waals surface area contributed by atoms with E-state index in [0.717, 1.165) is 41.7 Å². The number of rotatable bonds is 5. The molecule has 3 rings (SSSR count). The van der Waals surface area contributed by atoms with Crippen molar-refractivity contribution in [3.8, 4) is 11.5 Å². The Morgan fingerprint density at radius 3 is 2.65 bits per heavy atom. The first kappa shape index (κ1) is 18.5. The molecule has 1 aliphatic heterocycles. The second-order valence-corrected chi connectivity index (χ2v) is 6.92. The smallest absolute Gasteiger partial charge is 0.173 e. The molecule has 1 heterocycles. The number of hydrogen-bond donors (Lipinski definition) is 1. The Hall–Kier alpha value is -2.27. The lowest BCUT2D eigenvalue weighted by Crippen LogP contribution is -2.46. The van der Waals surface area contributed by atoms with Gasteiger partial charge in [0.05, 0.1) is 19.9 Å². The Morgan fingerprint density at radius 1 is 1.12 bits per heavy atom. The fraction of sp³-hybridized carbons (Fsp3) is 0.381. The Labute approximate surface area is 161 Å². The van der Waals surface area contributed by atoms with Crippen LogP contribution in [0.15, 0.2) is 48.5 Å². The highest BCUT2D eigenvalue weighted by Gasteiger charge is 2.25. The highest BCUT2D eigenvalue weighted by molar-refractivity contribution is 7.80. The van der Waals surface area contributed by atoms with E-state index in [1.54, 1.807) is 14.2 Å². The van der Waals surface area contributed by atoms with E-state index in [1.807, 2.05) is 18.2 Å². The van der Waals surface area contributed by atoms with Crippen LogP contribution in [0.1, 0.15) is 24.8 Å². The van der Waals surface area contributed by atoms with Gasteiger partial charge in [-0.15, -0.1) is 0 Å². The summed E-state index contributed by atoms with van der Waals surface area (Å²) in [5.41, 5.74) is 2.22. The standard InChI is InChI=1S/C21H26N2O2S/c1-24-18-11-12-19(20(15-18)25-2)22-21(26)23-13-7-6-10-17(23)14-16-8-4-3-5-9-16/h3-5,8-9,11-12,15,17H,6-7,10,13-14H2,1-2H3,(H,22,26). The predicted octanol–water partition coefficient (Wildman–Crippen LogP) is 4.50. The van der Waals surface area contributed by atoms with Gasteiger partial charge in [0.15, 0.2) is 5.11 Å². The van der Waals surface area contributed by atoms with E-state index >= 15 is 0 Å². The number of hydrogen-bond acceptors (Lipinski definition) is 3. The van der Waals surface area contributed by atoms with Gasteiger partial charge in [0.1, 0.15) is 11.5 Å². The maximum absolute atomic E-state index is 5.75. The third-order valence-corrected chi connectivity index (χ3v) is 5.19. The zero-order valence-electron chi connectivity index (χ0n) is 15.4. The molecule has 0 bridgehead atoms. The van der Waals surface area contributed by atoms with E-state index in [1.165, 1.54) is 18.4 Å². The average Bonchev–Trinajstić information content (AvgIpc) is 2.69. The van der Waals surface area contributed by atoms with Crippen molar-refractivity contribution in [2.24, 2.45) is 0 Å².